The number of carbonyl (C=O) groups is 3. The Bertz CT molecular complexity index is 1220. The maximum atomic E-state index is 10.3. The van der Waals surface area contributed by atoms with E-state index in [1.807, 2.05) is 0 Å². The predicted octanol–water partition coefficient (Wildman–Crippen LogP) is 2.64. The smallest absolute Gasteiger partial charge is 0.335 e. The molecule has 12 nitrogen and oxygen atoms in total. The average molecular weight is 504 g/mol. The highest BCUT2D eigenvalue weighted by molar-refractivity contribution is 5.88. The topological polar surface area (TPSA) is 233 Å². The van der Waals surface area contributed by atoms with Crippen LogP contribution in [-0.4, -0.2) is 63.9 Å². The lowest BCUT2D eigenvalue weighted by Gasteiger charge is -2.01. The molecule has 0 aliphatic carbocycles. The molecular formula is C24H24O12. The van der Waals surface area contributed by atoms with E-state index in [1.54, 1.807) is 6.07 Å². The SMILES string of the molecule is O=C(O)CCc1ccc(O)c(O)c1.O=C(O)Cc1ccc(O)c(O)c1.O=C(O)c1ccc(O)c(O)c1. The van der Waals surface area contributed by atoms with Crippen LogP contribution in [0.5, 0.6) is 34.5 Å². The van der Waals surface area contributed by atoms with Crippen LogP contribution >= 0.6 is 0 Å². The third kappa shape index (κ3) is 10.2. The Hall–Kier alpha value is -5.13. The number of carboxylic acid groups (broad SMARTS) is 3. The maximum Gasteiger partial charge on any atom is 0.335 e. The molecule has 0 heterocycles. The van der Waals surface area contributed by atoms with Gasteiger partial charge in [-0.05, 0) is 60.0 Å². The molecule has 36 heavy (non-hydrogen) atoms. The zero-order valence-electron chi connectivity index (χ0n) is 18.6. The first-order chi connectivity index (χ1) is 16.8. The highest BCUT2D eigenvalue weighted by atomic mass is 16.4. The fourth-order valence-electron chi connectivity index (χ4n) is 2.49. The Morgan fingerprint density at radius 3 is 1.39 bits per heavy atom. The average Bonchev–Trinajstić information content (AvgIpc) is 2.79. The number of carboxylic acids is 3. The minimum Gasteiger partial charge on any atom is -0.504 e. The monoisotopic (exact) mass is 504 g/mol. The van der Waals surface area contributed by atoms with Crippen LogP contribution in [0.25, 0.3) is 0 Å². The molecule has 0 bridgehead atoms. The molecule has 12 heteroatoms. The van der Waals surface area contributed by atoms with Crippen LogP contribution in [0.2, 0.25) is 0 Å². The van der Waals surface area contributed by atoms with E-state index in [-0.39, 0.29) is 47.2 Å². The molecule has 0 aromatic heterocycles. The normalized spacial score (nSPS) is 9.67. The van der Waals surface area contributed by atoms with Crippen molar-refractivity contribution in [1.29, 1.82) is 0 Å². The Kier molecular flexibility index (Phi) is 10.9. The van der Waals surface area contributed by atoms with Crippen molar-refractivity contribution in [2.24, 2.45) is 0 Å². The molecule has 3 rings (SSSR count). The Balaban J connectivity index is 0.000000271. The summed E-state index contributed by atoms with van der Waals surface area (Å²) in [6.45, 7) is 0. The van der Waals surface area contributed by atoms with Gasteiger partial charge in [0.15, 0.2) is 34.5 Å². The molecule has 0 saturated heterocycles. The second-order valence-electron chi connectivity index (χ2n) is 7.12. The number of hydrogen-bond acceptors (Lipinski definition) is 9. The van der Waals surface area contributed by atoms with E-state index in [0.717, 1.165) is 12.1 Å². The summed E-state index contributed by atoms with van der Waals surface area (Å²) >= 11 is 0. The van der Waals surface area contributed by atoms with Crippen molar-refractivity contribution in [3.05, 3.63) is 71.3 Å². The van der Waals surface area contributed by atoms with Crippen molar-refractivity contribution < 1.29 is 60.3 Å². The van der Waals surface area contributed by atoms with Crippen molar-refractivity contribution in [3.8, 4) is 34.5 Å². The summed E-state index contributed by atoms with van der Waals surface area (Å²) < 4.78 is 0. The minimum atomic E-state index is -1.14. The zero-order valence-corrected chi connectivity index (χ0v) is 18.6. The van der Waals surface area contributed by atoms with E-state index in [1.165, 1.54) is 36.4 Å². The lowest BCUT2D eigenvalue weighted by Crippen LogP contribution is -1.99. The third-order valence-corrected chi connectivity index (χ3v) is 4.28. The summed E-state index contributed by atoms with van der Waals surface area (Å²) in [5, 5.41) is 78.7. The third-order valence-electron chi connectivity index (χ3n) is 4.28. The van der Waals surface area contributed by atoms with E-state index in [9.17, 15) is 14.4 Å². The van der Waals surface area contributed by atoms with Crippen molar-refractivity contribution >= 4 is 17.9 Å². The lowest BCUT2D eigenvalue weighted by atomic mass is 10.1. The van der Waals surface area contributed by atoms with E-state index in [4.69, 9.17) is 46.0 Å². The standard InChI is InChI=1S/C9H10O4.C8H8O4.C7H6O4/c10-7-3-1-6(5-8(7)11)2-4-9(12)13;9-6-2-1-5(3-7(6)10)4-8(11)12;8-5-2-1-4(7(10)11)3-6(5)9/h1,3,5,10-11H,2,4H2,(H,12,13);1-3,9-10H,4H2,(H,11,12);1-3,8-9H,(H,10,11). The molecule has 0 aliphatic heterocycles. The minimum absolute atomic E-state index is 0.0181. The van der Waals surface area contributed by atoms with Gasteiger partial charge in [0.2, 0.25) is 0 Å². The fourth-order valence-corrected chi connectivity index (χ4v) is 2.49. The molecule has 0 radical (unpaired) electrons. The molecule has 3 aromatic carbocycles. The molecular weight excluding hydrogens is 480 g/mol. The first-order valence-electron chi connectivity index (χ1n) is 10.0. The number of phenolic OH excluding ortho intramolecular Hbond substituents is 6. The number of aliphatic carboxylic acids is 2. The van der Waals surface area contributed by atoms with Gasteiger partial charge in [0, 0.05) is 6.42 Å². The van der Waals surface area contributed by atoms with Gasteiger partial charge in [-0.25, -0.2) is 4.79 Å². The van der Waals surface area contributed by atoms with Crippen LogP contribution in [0.15, 0.2) is 54.6 Å². The summed E-state index contributed by atoms with van der Waals surface area (Å²) in [5.41, 5.74) is 1.09. The molecule has 0 spiro atoms. The molecule has 9 N–H and O–H groups in total. The van der Waals surface area contributed by atoms with Gasteiger partial charge in [-0.3, -0.25) is 9.59 Å². The number of rotatable bonds is 6. The van der Waals surface area contributed by atoms with Crippen molar-refractivity contribution in [2.45, 2.75) is 19.3 Å². The van der Waals surface area contributed by atoms with Gasteiger partial charge in [0.1, 0.15) is 0 Å². The van der Waals surface area contributed by atoms with Crippen molar-refractivity contribution in [1.82, 2.24) is 0 Å². The number of benzene rings is 3. The van der Waals surface area contributed by atoms with Crippen LogP contribution in [0.3, 0.4) is 0 Å². The van der Waals surface area contributed by atoms with E-state index in [2.05, 4.69) is 0 Å². The second-order valence-corrected chi connectivity index (χ2v) is 7.12. The van der Waals surface area contributed by atoms with Gasteiger partial charge in [0.05, 0.1) is 12.0 Å². The van der Waals surface area contributed by atoms with Crippen LogP contribution in [0.1, 0.15) is 27.9 Å². The van der Waals surface area contributed by atoms with Gasteiger partial charge in [-0.1, -0.05) is 12.1 Å². The summed E-state index contributed by atoms with van der Waals surface area (Å²) in [4.78, 5) is 30.7. The Morgan fingerprint density at radius 2 is 0.972 bits per heavy atom. The molecule has 192 valence electrons. The molecule has 0 amide bonds. The first kappa shape index (κ1) is 28.9. The van der Waals surface area contributed by atoms with E-state index >= 15 is 0 Å². The second kappa shape index (κ2) is 13.5. The summed E-state index contributed by atoms with van der Waals surface area (Å²) in [6, 6.07) is 11.5. The fraction of sp³-hybridized carbons (Fsp3) is 0.125. The maximum absolute atomic E-state index is 10.3. The van der Waals surface area contributed by atoms with Gasteiger partial charge in [-0.15, -0.1) is 0 Å². The summed E-state index contributed by atoms with van der Waals surface area (Å²) in [5.74, 6) is -4.70. The van der Waals surface area contributed by atoms with Gasteiger partial charge < -0.3 is 46.0 Å². The molecule has 0 aliphatic rings. The highest BCUT2D eigenvalue weighted by Gasteiger charge is 2.06. The molecule has 3 aromatic rings. The highest BCUT2D eigenvalue weighted by Crippen LogP contribution is 2.26. The lowest BCUT2D eigenvalue weighted by molar-refractivity contribution is -0.137. The Morgan fingerprint density at radius 1 is 0.528 bits per heavy atom. The van der Waals surface area contributed by atoms with Crippen LogP contribution in [0, 0.1) is 0 Å². The van der Waals surface area contributed by atoms with Crippen molar-refractivity contribution in [3.63, 3.8) is 0 Å². The molecule has 0 atom stereocenters. The van der Waals surface area contributed by atoms with Crippen molar-refractivity contribution in [2.75, 3.05) is 0 Å². The van der Waals surface area contributed by atoms with Gasteiger partial charge in [0.25, 0.3) is 0 Å². The molecule has 0 unspecified atom stereocenters. The predicted molar refractivity (Wildman–Crippen MR) is 124 cm³/mol. The van der Waals surface area contributed by atoms with E-state index in [0.29, 0.717) is 17.5 Å². The number of aromatic hydroxyl groups is 6. The van der Waals surface area contributed by atoms with E-state index < -0.39 is 23.7 Å². The quantitative estimate of drug-likeness (QED) is 0.220. The zero-order chi connectivity index (χ0) is 27.4. The van der Waals surface area contributed by atoms with Crippen LogP contribution in [-0.2, 0) is 22.4 Å². The largest absolute Gasteiger partial charge is 0.504 e. The number of aryl methyl sites for hydroxylation is 1. The van der Waals surface area contributed by atoms with Gasteiger partial charge >= 0.3 is 17.9 Å². The summed E-state index contributed by atoms with van der Waals surface area (Å²) in [6.07, 6.45) is 0.210. The number of phenols is 6. The number of aromatic carboxylic acids is 1. The molecule has 0 fully saturated rings. The molecule has 0 saturated carbocycles. The first-order valence-corrected chi connectivity index (χ1v) is 10.0. The number of hydrogen-bond donors (Lipinski definition) is 9. The Labute approximate surface area is 203 Å². The van der Waals surface area contributed by atoms with Crippen LogP contribution < -0.4 is 0 Å². The summed E-state index contributed by atoms with van der Waals surface area (Å²) in [7, 11) is 0. The van der Waals surface area contributed by atoms with Crippen LogP contribution in [0.4, 0.5) is 0 Å². The van der Waals surface area contributed by atoms with Gasteiger partial charge in [-0.2, -0.15) is 0 Å².